The van der Waals surface area contributed by atoms with Gasteiger partial charge in [-0.3, -0.25) is 0 Å². The van der Waals surface area contributed by atoms with E-state index in [0.717, 1.165) is 0 Å². The van der Waals surface area contributed by atoms with Crippen molar-refractivity contribution in [2.24, 2.45) is 0 Å². The molecular formula is C20H34. The SMILES string of the molecule is CCCCCCCc1ccccc1CCCCCCC. The Morgan fingerprint density at radius 3 is 1.35 bits per heavy atom. The van der Waals surface area contributed by atoms with Crippen LogP contribution in [-0.2, 0) is 12.8 Å². The van der Waals surface area contributed by atoms with Crippen molar-refractivity contribution in [3.63, 3.8) is 0 Å². The van der Waals surface area contributed by atoms with Crippen molar-refractivity contribution in [1.82, 2.24) is 0 Å². The minimum Gasteiger partial charge on any atom is -0.0654 e. The van der Waals surface area contributed by atoms with E-state index in [2.05, 4.69) is 38.1 Å². The Labute approximate surface area is 127 Å². The first-order valence-corrected chi connectivity index (χ1v) is 8.95. The zero-order valence-corrected chi connectivity index (χ0v) is 13.8. The van der Waals surface area contributed by atoms with E-state index in [4.69, 9.17) is 0 Å². The van der Waals surface area contributed by atoms with Crippen LogP contribution < -0.4 is 0 Å². The van der Waals surface area contributed by atoms with Crippen molar-refractivity contribution in [1.29, 1.82) is 0 Å². The molecule has 0 spiro atoms. The van der Waals surface area contributed by atoms with E-state index >= 15 is 0 Å². The molecule has 1 rings (SSSR count). The molecule has 0 aromatic heterocycles. The normalized spacial score (nSPS) is 10.9. The van der Waals surface area contributed by atoms with Crippen LogP contribution in [0.3, 0.4) is 0 Å². The van der Waals surface area contributed by atoms with Crippen molar-refractivity contribution in [2.75, 3.05) is 0 Å². The van der Waals surface area contributed by atoms with Gasteiger partial charge in [-0.25, -0.2) is 0 Å². The molecular weight excluding hydrogens is 240 g/mol. The predicted octanol–water partition coefficient (Wildman–Crippen LogP) is 6.71. The van der Waals surface area contributed by atoms with Crippen LogP contribution in [0.25, 0.3) is 0 Å². The van der Waals surface area contributed by atoms with Crippen LogP contribution in [-0.4, -0.2) is 0 Å². The summed E-state index contributed by atoms with van der Waals surface area (Å²) in [4.78, 5) is 0. The van der Waals surface area contributed by atoms with Gasteiger partial charge in [-0.05, 0) is 36.8 Å². The van der Waals surface area contributed by atoms with Gasteiger partial charge in [-0.15, -0.1) is 0 Å². The lowest BCUT2D eigenvalue weighted by molar-refractivity contribution is 0.621. The molecule has 0 aliphatic carbocycles. The summed E-state index contributed by atoms with van der Waals surface area (Å²) in [5, 5.41) is 0. The highest BCUT2D eigenvalue weighted by atomic mass is 14.1. The summed E-state index contributed by atoms with van der Waals surface area (Å²) in [6.07, 6.45) is 16.4. The Hall–Kier alpha value is -0.780. The number of unbranched alkanes of at least 4 members (excludes halogenated alkanes) is 8. The summed E-state index contributed by atoms with van der Waals surface area (Å²) in [6.45, 7) is 4.57. The predicted molar refractivity (Wildman–Crippen MR) is 91.4 cm³/mol. The van der Waals surface area contributed by atoms with Gasteiger partial charge in [0, 0.05) is 0 Å². The third kappa shape index (κ3) is 7.72. The largest absolute Gasteiger partial charge is 0.0654 e. The van der Waals surface area contributed by atoms with Crippen molar-refractivity contribution in [2.45, 2.75) is 90.9 Å². The first-order chi connectivity index (χ1) is 9.88. The molecule has 0 unspecified atom stereocenters. The van der Waals surface area contributed by atoms with Crippen molar-refractivity contribution in [3.05, 3.63) is 35.4 Å². The van der Waals surface area contributed by atoms with Crippen LogP contribution in [0.4, 0.5) is 0 Å². The highest BCUT2D eigenvalue weighted by Gasteiger charge is 2.01. The average molecular weight is 274 g/mol. The maximum Gasteiger partial charge on any atom is -0.0276 e. The molecule has 20 heavy (non-hydrogen) atoms. The first-order valence-electron chi connectivity index (χ1n) is 8.95. The van der Waals surface area contributed by atoms with Gasteiger partial charge in [-0.2, -0.15) is 0 Å². The summed E-state index contributed by atoms with van der Waals surface area (Å²) < 4.78 is 0. The second kappa shape index (κ2) is 12.0. The van der Waals surface area contributed by atoms with Crippen LogP contribution in [0, 0.1) is 0 Å². The molecule has 0 aliphatic rings. The number of benzene rings is 1. The second-order valence-electron chi connectivity index (χ2n) is 6.10. The smallest absolute Gasteiger partial charge is 0.0276 e. The summed E-state index contributed by atoms with van der Waals surface area (Å²) in [5.41, 5.74) is 3.22. The lowest BCUT2D eigenvalue weighted by Gasteiger charge is -2.09. The van der Waals surface area contributed by atoms with Crippen molar-refractivity contribution < 1.29 is 0 Å². The molecule has 0 radical (unpaired) electrons. The zero-order chi connectivity index (χ0) is 14.5. The van der Waals surface area contributed by atoms with Crippen LogP contribution in [0.1, 0.15) is 89.2 Å². The van der Waals surface area contributed by atoms with Gasteiger partial charge >= 0.3 is 0 Å². The fourth-order valence-electron chi connectivity index (χ4n) is 2.88. The molecule has 0 heteroatoms. The van der Waals surface area contributed by atoms with E-state index in [1.807, 2.05) is 0 Å². The summed E-state index contributed by atoms with van der Waals surface area (Å²) in [7, 11) is 0. The highest BCUT2D eigenvalue weighted by molar-refractivity contribution is 5.27. The lowest BCUT2D eigenvalue weighted by atomic mass is 9.96. The molecule has 0 heterocycles. The van der Waals surface area contributed by atoms with Crippen LogP contribution >= 0.6 is 0 Å². The molecule has 0 N–H and O–H groups in total. The minimum absolute atomic E-state index is 1.29. The number of hydrogen-bond acceptors (Lipinski definition) is 0. The third-order valence-electron chi connectivity index (χ3n) is 4.22. The van der Waals surface area contributed by atoms with E-state index in [9.17, 15) is 0 Å². The molecule has 0 saturated heterocycles. The number of aryl methyl sites for hydroxylation is 2. The quantitative estimate of drug-likeness (QED) is 0.371. The van der Waals surface area contributed by atoms with Crippen LogP contribution in [0.5, 0.6) is 0 Å². The maximum atomic E-state index is 2.35. The lowest BCUT2D eigenvalue weighted by Crippen LogP contribution is -1.95. The van der Waals surface area contributed by atoms with E-state index < -0.39 is 0 Å². The molecule has 0 atom stereocenters. The fraction of sp³-hybridized carbons (Fsp3) is 0.700. The molecule has 0 nitrogen and oxygen atoms in total. The van der Waals surface area contributed by atoms with Crippen molar-refractivity contribution in [3.8, 4) is 0 Å². The topological polar surface area (TPSA) is 0 Å². The first kappa shape index (κ1) is 17.3. The molecule has 0 bridgehead atoms. The zero-order valence-electron chi connectivity index (χ0n) is 13.8. The molecule has 114 valence electrons. The highest BCUT2D eigenvalue weighted by Crippen LogP contribution is 2.17. The molecule has 1 aromatic carbocycles. The van der Waals surface area contributed by atoms with Crippen molar-refractivity contribution >= 4 is 0 Å². The average Bonchev–Trinajstić information content (AvgIpc) is 2.48. The summed E-state index contributed by atoms with van der Waals surface area (Å²) in [6, 6.07) is 9.12. The summed E-state index contributed by atoms with van der Waals surface area (Å²) in [5.74, 6) is 0. The molecule has 0 aliphatic heterocycles. The van der Waals surface area contributed by atoms with Gasteiger partial charge in [0.2, 0.25) is 0 Å². The molecule has 0 fully saturated rings. The number of hydrogen-bond donors (Lipinski definition) is 0. The van der Waals surface area contributed by atoms with Crippen LogP contribution in [0.15, 0.2) is 24.3 Å². The Kier molecular flexibility index (Phi) is 10.4. The summed E-state index contributed by atoms with van der Waals surface area (Å²) >= 11 is 0. The van der Waals surface area contributed by atoms with E-state index in [1.165, 1.54) is 77.0 Å². The van der Waals surface area contributed by atoms with Gasteiger partial charge in [0.25, 0.3) is 0 Å². The fourth-order valence-corrected chi connectivity index (χ4v) is 2.88. The standard InChI is InChI=1S/C20H34/c1-3-5-7-9-11-15-19-17-13-14-18-20(19)16-12-10-8-6-4-2/h13-14,17-18H,3-12,15-16H2,1-2H3. The monoisotopic (exact) mass is 274 g/mol. The Bertz CT molecular complexity index is 294. The third-order valence-corrected chi connectivity index (χ3v) is 4.22. The second-order valence-corrected chi connectivity index (χ2v) is 6.10. The van der Waals surface area contributed by atoms with E-state index in [0.29, 0.717) is 0 Å². The van der Waals surface area contributed by atoms with Gasteiger partial charge in [0.05, 0.1) is 0 Å². The van der Waals surface area contributed by atoms with E-state index in [-0.39, 0.29) is 0 Å². The minimum atomic E-state index is 1.29. The Morgan fingerprint density at radius 1 is 0.550 bits per heavy atom. The van der Waals surface area contributed by atoms with Gasteiger partial charge in [0.1, 0.15) is 0 Å². The molecule has 1 aromatic rings. The number of rotatable bonds is 12. The van der Waals surface area contributed by atoms with Gasteiger partial charge in [-0.1, -0.05) is 89.5 Å². The molecule has 0 amide bonds. The Morgan fingerprint density at radius 2 is 0.950 bits per heavy atom. The van der Waals surface area contributed by atoms with Crippen LogP contribution in [0.2, 0.25) is 0 Å². The maximum absolute atomic E-state index is 2.35. The van der Waals surface area contributed by atoms with Gasteiger partial charge < -0.3 is 0 Å². The Balaban J connectivity index is 2.27. The van der Waals surface area contributed by atoms with Gasteiger partial charge in [0.15, 0.2) is 0 Å². The molecule has 0 saturated carbocycles. The van der Waals surface area contributed by atoms with E-state index in [1.54, 1.807) is 11.1 Å².